The Morgan fingerprint density at radius 2 is 2.15 bits per heavy atom. The van der Waals surface area contributed by atoms with E-state index in [0.717, 1.165) is 31.6 Å². The third-order valence-electron chi connectivity index (χ3n) is 4.41. The first-order valence-electron chi connectivity index (χ1n) is 8.76. The highest BCUT2D eigenvalue weighted by atomic mass is 35.5. The Kier molecular flexibility index (Phi) is 8.35. The minimum atomic E-state index is 0. The molecule has 0 aliphatic carbocycles. The van der Waals surface area contributed by atoms with Crippen molar-refractivity contribution in [2.45, 2.75) is 32.1 Å². The second-order valence-corrected chi connectivity index (χ2v) is 6.81. The fraction of sp³-hybridized carbons (Fsp3) is 0.500. The van der Waals surface area contributed by atoms with Gasteiger partial charge in [-0.1, -0.05) is 16.8 Å². The Morgan fingerprint density at radius 3 is 2.88 bits per heavy atom. The molecule has 3 rings (SSSR count). The number of aromatic nitrogens is 2. The Bertz CT molecular complexity index is 685. The third-order valence-corrected chi connectivity index (χ3v) is 4.66. The number of carbonyl (C=O) groups is 1. The molecule has 1 amide bonds. The zero-order chi connectivity index (χ0) is 17.5. The van der Waals surface area contributed by atoms with Gasteiger partial charge in [-0.2, -0.15) is 4.98 Å². The SMILES string of the molecule is Cl.O=C(CCc1nc(-c2ccc(Cl)cc2)no1)NCCC1CCCNC1. The first-order chi connectivity index (χ1) is 12.2. The van der Waals surface area contributed by atoms with Crippen molar-refractivity contribution < 1.29 is 9.32 Å². The zero-order valence-corrected chi connectivity index (χ0v) is 16.1. The van der Waals surface area contributed by atoms with E-state index in [4.69, 9.17) is 16.1 Å². The molecular formula is C18H24Cl2N4O2. The third kappa shape index (κ3) is 6.27. The number of aryl methyl sites for hydroxylation is 1. The summed E-state index contributed by atoms with van der Waals surface area (Å²) >= 11 is 5.87. The first-order valence-corrected chi connectivity index (χ1v) is 9.14. The van der Waals surface area contributed by atoms with E-state index >= 15 is 0 Å². The monoisotopic (exact) mass is 398 g/mol. The summed E-state index contributed by atoms with van der Waals surface area (Å²) < 4.78 is 5.22. The summed E-state index contributed by atoms with van der Waals surface area (Å²) in [5.74, 6) is 1.68. The number of nitrogens with one attached hydrogen (secondary N) is 2. The topological polar surface area (TPSA) is 80.0 Å². The standard InChI is InChI=1S/C18H23ClN4O2.ClH/c19-15-5-3-14(4-6-15)18-22-17(25-23-18)8-7-16(24)21-11-9-13-2-1-10-20-12-13;/h3-6,13,20H,1-2,7-12H2,(H,21,24);1H. The number of carbonyl (C=O) groups excluding carboxylic acids is 1. The predicted molar refractivity (Wildman–Crippen MR) is 104 cm³/mol. The van der Waals surface area contributed by atoms with E-state index in [1.807, 2.05) is 12.1 Å². The number of hydrogen-bond donors (Lipinski definition) is 2. The lowest BCUT2D eigenvalue weighted by atomic mass is 9.96. The molecule has 2 aromatic rings. The van der Waals surface area contributed by atoms with Gasteiger partial charge in [0.1, 0.15) is 0 Å². The molecule has 142 valence electrons. The molecule has 8 heteroatoms. The summed E-state index contributed by atoms with van der Waals surface area (Å²) in [5.41, 5.74) is 0.838. The highest BCUT2D eigenvalue weighted by molar-refractivity contribution is 6.30. The summed E-state index contributed by atoms with van der Waals surface area (Å²) in [4.78, 5) is 16.3. The Balaban J connectivity index is 0.00000243. The zero-order valence-electron chi connectivity index (χ0n) is 14.5. The summed E-state index contributed by atoms with van der Waals surface area (Å²) in [6, 6.07) is 7.23. The number of halogens is 2. The van der Waals surface area contributed by atoms with E-state index in [9.17, 15) is 4.79 Å². The van der Waals surface area contributed by atoms with Gasteiger partial charge in [-0.3, -0.25) is 4.79 Å². The molecule has 2 heterocycles. The Hall–Kier alpha value is -1.63. The molecule has 1 aromatic heterocycles. The van der Waals surface area contributed by atoms with Gasteiger partial charge in [0, 0.05) is 30.0 Å². The number of nitrogens with zero attached hydrogens (tertiary/aromatic N) is 2. The fourth-order valence-corrected chi connectivity index (χ4v) is 3.09. The molecule has 1 aromatic carbocycles. The van der Waals surface area contributed by atoms with Gasteiger partial charge < -0.3 is 15.2 Å². The number of hydrogen-bond acceptors (Lipinski definition) is 5. The van der Waals surface area contributed by atoms with Crippen LogP contribution in [0.4, 0.5) is 0 Å². The number of benzene rings is 1. The van der Waals surface area contributed by atoms with Crippen molar-refractivity contribution in [3.63, 3.8) is 0 Å². The largest absolute Gasteiger partial charge is 0.356 e. The highest BCUT2D eigenvalue weighted by Crippen LogP contribution is 2.19. The van der Waals surface area contributed by atoms with E-state index < -0.39 is 0 Å². The fourth-order valence-electron chi connectivity index (χ4n) is 2.97. The molecular weight excluding hydrogens is 375 g/mol. The smallest absolute Gasteiger partial charge is 0.227 e. The first kappa shape index (κ1) is 20.7. The summed E-state index contributed by atoms with van der Waals surface area (Å²) in [5, 5.41) is 11.0. The van der Waals surface area contributed by atoms with Crippen LogP contribution in [-0.4, -0.2) is 35.7 Å². The maximum atomic E-state index is 11.9. The molecule has 0 radical (unpaired) electrons. The van der Waals surface area contributed by atoms with Crippen molar-refractivity contribution in [3.8, 4) is 11.4 Å². The maximum Gasteiger partial charge on any atom is 0.227 e. The van der Waals surface area contributed by atoms with Crippen molar-refractivity contribution in [1.29, 1.82) is 0 Å². The van der Waals surface area contributed by atoms with Crippen molar-refractivity contribution in [1.82, 2.24) is 20.8 Å². The highest BCUT2D eigenvalue weighted by Gasteiger charge is 2.14. The molecule has 1 aliphatic heterocycles. The predicted octanol–water partition coefficient (Wildman–Crippen LogP) is 3.25. The van der Waals surface area contributed by atoms with Crippen LogP contribution >= 0.6 is 24.0 Å². The molecule has 1 atom stereocenters. The molecule has 0 bridgehead atoms. The lowest BCUT2D eigenvalue weighted by Gasteiger charge is -2.22. The molecule has 2 N–H and O–H groups in total. The maximum absolute atomic E-state index is 11.9. The lowest BCUT2D eigenvalue weighted by molar-refractivity contribution is -0.121. The van der Waals surface area contributed by atoms with Gasteiger partial charge in [0.15, 0.2) is 0 Å². The minimum Gasteiger partial charge on any atom is -0.356 e. The molecule has 1 saturated heterocycles. The molecule has 1 unspecified atom stereocenters. The number of piperidine rings is 1. The molecule has 1 fully saturated rings. The molecule has 26 heavy (non-hydrogen) atoms. The van der Waals surface area contributed by atoms with Gasteiger partial charge in [-0.05, 0) is 62.5 Å². The molecule has 0 saturated carbocycles. The minimum absolute atomic E-state index is 0. The van der Waals surface area contributed by atoms with Crippen LogP contribution in [0.25, 0.3) is 11.4 Å². The van der Waals surface area contributed by atoms with Gasteiger partial charge in [0.25, 0.3) is 0 Å². The average molecular weight is 399 g/mol. The van der Waals surface area contributed by atoms with Gasteiger partial charge in [-0.25, -0.2) is 0 Å². The van der Waals surface area contributed by atoms with Crippen LogP contribution < -0.4 is 10.6 Å². The van der Waals surface area contributed by atoms with E-state index in [0.29, 0.717) is 35.5 Å². The second-order valence-electron chi connectivity index (χ2n) is 6.37. The Labute approximate surface area is 164 Å². The molecule has 1 aliphatic rings. The van der Waals surface area contributed by atoms with Crippen LogP contribution in [0.1, 0.15) is 31.6 Å². The quantitative estimate of drug-likeness (QED) is 0.747. The van der Waals surface area contributed by atoms with E-state index in [1.54, 1.807) is 12.1 Å². The van der Waals surface area contributed by atoms with Gasteiger partial charge >= 0.3 is 0 Å². The average Bonchev–Trinajstić information content (AvgIpc) is 3.10. The second kappa shape index (κ2) is 10.5. The number of amides is 1. The van der Waals surface area contributed by atoms with Crippen LogP contribution in [0.5, 0.6) is 0 Å². The van der Waals surface area contributed by atoms with E-state index in [2.05, 4.69) is 20.8 Å². The number of rotatable bonds is 7. The van der Waals surface area contributed by atoms with Gasteiger partial charge in [0.2, 0.25) is 17.6 Å². The van der Waals surface area contributed by atoms with Crippen molar-refractivity contribution in [2.24, 2.45) is 5.92 Å². The normalized spacial score (nSPS) is 16.7. The summed E-state index contributed by atoms with van der Waals surface area (Å²) in [7, 11) is 0. The van der Waals surface area contributed by atoms with Crippen molar-refractivity contribution >= 4 is 29.9 Å². The van der Waals surface area contributed by atoms with Crippen LogP contribution in [0.15, 0.2) is 28.8 Å². The lowest BCUT2D eigenvalue weighted by Crippen LogP contribution is -2.33. The van der Waals surface area contributed by atoms with Crippen LogP contribution in [0, 0.1) is 5.92 Å². The van der Waals surface area contributed by atoms with Crippen LogP contribution in [0.2, 0.25) is 5.02 Å². The molecule has 6 nitrogen and oxygen atoms in total. The Morgan fingerprint density at radius 1 is 1.35 bits per heavy atom. The van der Waals surface area contributed by atoms with Crippen molar-refractivity contribution in [2.75, 3.05) is 19.6 Å². The van der Waals surface area contributed by atoms with Gasteiger partial charge in [0.05, 0.1) is 0 Å². The summed E-state index contributed by atoms with van der Waals surface area (Å²) in [6.45, 7) is 2.90. The van der Waals surface area contributed by atoms with E-state index in [1.165, 1.54) is 12.8 Å². The summed E-state index contributed by atoms with van der Waals surface area (Å²) in [6.07, 6.45) is 4.30. The molecule has 0 spiro atoms. The van der Waals surface area contributed by atoms with E-state index in [-0.39, 0.29) is 18.3 Å². The van der Waals surface area contributed by atoms with Crippen molar-refractivity contribution in [3.05, 3.63) is 35.2 Å². The van der Waals surface area contributed by atoms with Crippen LogP contribution in [-0.2, 0) is 11.2 Å². The van der Waals surface area contributed by atoms with Crippen LogP contribution in [0.3, 0.4) is 0 Å². The van der Waals surface area contributed by atoms with Gasteiger partial charge in [-0.15, -0.1) is 12.4 Å².